The Labute approximate surface area is 163 Å². The summed E-state index contributed by atoms with van der Waals surface area (Å²) in [6.07, 6.45) is 7.06. The molecule has 1 aliphatic heterocycles. The van der Waals surface area contributed by atoms with Crippen molar-refractivity contribution in [2.75, 3.05) is 20.7 Å². The van der Waals surface area contributed by atoms with Crippen LogP contribution in [0.2, 0.25) is 0 Å². The molecule has 152 valence electrons. The molecule has 0 unspecified atom stereocenters. The highest BCUT2D eigenvalue weighted by Gasteiger charge is 2.17. The van der Waals surface area contributed by atoms with Gasteiger partial charge in [-0.1, -0.05) is 32.6 Å². The topological polar surface area (TPSA) is 60.4 Å². The van der Waals surface area contributed by atoms with E-state index in [0.29, 0.717) is 12.5 Å². The maximum Gasteiger partial charge on any atom is 0.409 e. The number of nitrogens with zero attached hydrogens (tertiary/aromatic N) is 2. The first kappa shape index (κ1) is 24.5. The first-order chi connectivity index (χ1) is 12.6. The average Bonchev–Trinajstić information content (AvgIpc) is 2.77. The third kappa shape index (κ3) is 9.68. The highest BCUT2D eigenvalue weighted by Crippen LogP contribution is 2.25. The first-order valence-electron chi connectivity index (χ1n) is 9.02. The van der Waals surface area contributed by atoms with Gasteiger partial charge >= 0.3 is 6.09 Å². The minimum absolute atomic E-state index is 0.299. The number of hydrogen-bond acceptors (Lipinski definition) is 5. The standard InChI is InChI=1S/C14H19NO2.C7H15NO2/c1-5-8-9-13-12(7-3)17-14(15-4)11(6-2)10-16-13;1-7(2,3)10-6(9)8(4)5/h6,8-9H,2,4-5,7,10H2,1,3H3;1-5H3/b9-8-;. The summed E-state index contributed by atoms with van der Waals surface area (Å²) < 4.78 is 16.4. The Bertz CT molecular complexity index is 608. The molecule has 1 rings (SSSR count). The van der Waals surface area contributed by atoms with Crippen molar-refractivity contribution < 1.29 is 19.0 Å². The van der Waals surface area contributed by atoms with E-state index < -0.39 is 0 Å². The summed E-state index contributed by atoms with van der Waals surface area (Å²) in [7, 11) is 3.32. The number of amides is 1. The highest BCUT2D eigenvalue weighted by atomic mass is 16.6. The number of aliphatic imine (C=N–C) groups is 1. The fraction of sp³-hybridized carbons (Fsp3) is 0.524. The predicted molar refractivity (Wildman–Crippen MR) is 110 cm³/mol. The maximum absolute atomic E-state index is 10.9. The van der Waals surface area contributed by atoms with Crippen LogP contribution in [0.3, 0.4) is 0 Å². The summed E-state index contributed by atoms with van der Waals surface area (Å²) in [4.78, 5) is 16.1. The van der Waals surface area contributed by atoms with Crippen molar-refractivity contribution in [2.24, 2.45) is 4.99 Å². The molecule has 27 heavy (non-hydrogen) atoms. The van der Waals surface area contributed by atoms with E-state index in [0.717, 1.165) is 29.9 Å². The van der Waals surface area contributed by atoms with Crippen molar-refractivity contribution in [3.05, 3.63) is 47.8 Å². The Balaban J connectivity index is 0.000000580. The molecule has 1 heterocycles. The third-order valence-electron chi connectivity index (χ3n) is 3.13. The van der Waals surface area contributed by atoms with Gasteiger partial charge in [-0.15, -0.1) is 0 Å². The van der Waals surface area contributed by atoms with Crippen LogP contribution in [0.15, 0.2) is 52.8 Å². The molecule has 0 bridgehead atoms. The number of allylic oxidation sites excluding steroid dienone is 3. The molecule has 0 aromatic carbocycles. The van der Waals surface area contributed by atoms with E-state index in [1.807, 2.05) is 39.8 Å². The average molecular weight is 379 g/mol. The van der Waals surface area contributed by atoms with Crippen molar-refractivity contribution in [1.29, 1.82) is 0 Å². The van der Waals surface area contributed by atoms with E-state index in [4.69, 9.17) is 14.2 Å². The summed E-state index contributed by atoms with van der Waals surface area (Å²) in [6.45, 7) is 17.2. The van der Waals surface area contributed by atoms with Crippen LogP contribution < -0.4 is 0 Å². The Morgan fingerprint density at radius 1 is 1.33 bits per heavy atom. The van der Waals surface area contributed by atoms with Crippen LogP contribution in [0.5, 0.6) is 0 Å². The van der Waals surface area contributed by atoms with Crippen LogP contribution in [0.4, 0.5) is 4.79 Å². The van der Waals surface area contributed by atoms with Crippen LogP contribution in [-0.4, -0.2) is 44.0 Å². The molecule has 0 fully saturated rings. The van der Waals surface area contributed by atoms with Gasteiger partial charge in [0, 0.05) is 20.5 Å². The number of ether oxygens (including phenoxy) is 3. The predicted octanol–water partition coefficient (Wildman–Crippen LogP) is 5.20. The molecule has 0 aromatic heterocycles. The second kappa shape index (κ2) is 12.0. The first-order valence-corrected chi connectivity index (χ1v) is 9.02. The lowest BCUT2D eigenvalue weighted by atomic mass is 10.2. The summed E-state index contributed by atoms with van der Waals surface area (Å²) in [5, 5.41) is 0. The van der Waals surface area contributed by atoms with E-state index in [1.54, 1.807) is 20.2 Å². The van der Waals surface area contributed by atoms with Crippen LogP contribution in [-0.2, 0) is 14.2 Å². The number of carbonyl (C=O) groups is 1. The molecule has 0 atom stereocenters. The van der Waals surface area contributed by atoms with Crippen LogP contribution in [0, 0.1) is 0 Å². The largest absolute Gasteiger partial charge is 0.485 e. The molecule has 0 radical (unpaired) electrons. The Hall–Kier alpha value is -2.50. The quantitative estimate of drug-likeness (QED) is 0.617. The molecule has 0 N–H and O–H groups in total. The smallest absolute Gasteiger partial charge is 0.409 e. The van der Waals surface area contributed by atoms with Crippen molar-refractivity contribution in [3.63, 3.8) is 0 Å². The summed E-state index contributed by atoms with van der Waals surface area (Å²) >= 11 is 0. The van der Waals surface area contributed by atoms with E-state index in [2.05, 4.69) is 25.2 Å². The molecule has 1 aliphatic rings. The van der Waals surface area contributed by atoms with E-state index in [9.17, 15) is 4.79 Å². The minimum Gasteiger partial charge on any atom is -0.485 e. The molecule has 0 saturated heterocycles. The van der Waals surface area contributed by atoms with Crippen LogP contribution in [0.25, 0.3) is 0 Å². The lowest BCUT2D eigenvalue weighted by Gasteiger charge is -2.22. The molecule has 6 nitrogen and oxygen atoms in total. The maximum atomic E-state index is 10.9. The molecular weight excluding hydrogens is 344 g/mol. The number of rotatable bonds is 5. The fourth-order valence-corrected chi connectivity index (χ4v) is 1.78. The molecule has 0 aromatic rings. The molecular formula is C21H34N2O4. The van der Waals surface area contributed by atoms with Gasteiger partial charge in [0.2, 0.25) is 5.88 Å². The van der Waals surface area contributed by atoms with E-state index in [-0.39, 0.29) is 11.7 Å². The lowest BCUT2D eigenvalue weighted by Crippen LogP contribution is -2.31. The molecule has 6 heteroatoms. The fourth-order valence-electron chi connectivity index (χ4n) is 1.78. The van der Waals surface area contributed by atoms with Gasteiger partial charge in [0.15, 0.2) is 5.76 Å². The van der Waals surface area contributed by atoms with Gasteiger partial charge in [-0.2, -0.15) is 0 Å². The van der Waals surface area contributed by atoms with Gasteiger partial charge in [0.25, 0.3) is 0 Å². The zero-order chi connectivity index (χ0) is 21.0. The van der Waals surface area contributed by atoms with E-state index >= 15 is 0 Å². The van der Waals surface area contributed by atoms with Gasteiger partial charge in [-0.05, 0) is 40.0 Å². The Morgan fingerprint density at radius 3 is 2.33 bits per heavy atom. The van der Waals surface area contributed by atoms with Crippen LogP contribution >= 0.6 is 0 Å². The molecule has 0 spiro atoms. The second-order valence-corrected chi connectivity index (χ2v) is 6.91. The monoisotopic (exact) mass is 378 g/mol. The zero-order valence-electron chi connectivity index (χ0n) is 17.8. The summed E-state index contributed by atoms with van der Waals surface area (Å²) in [6, 6.07) is 0. The van der Waals surface area contributed by atoms with Gasteiger partial charge < -0.3 is 19.1 Å². The molecule has 1 amide bonds. The number of carbonyl (C=O) groups excluding carboxylic acids is 1. The molecule has 0 saturated carbocycles. The Kier molecular flexibility index (Phi) is 10.9. The van der Waals surface area contributed by atoms with Crippen molar-refractivity contribution in [3.8, 4) is 0 Å². The van der Waals surface area contributed by atoms with Crippen LogP contribution in [0.1, 0.15) is 47.5 Å². The van der Waals surface area contributed by atoms with Crippen molar-refractivity contribution >= 4 is 12.8 Å². The third-order valence-corrected chi connectivity index (χ3v) is 3.13. The summed E-state index contributed by atoms with van der Waals surface area (Å²) in [5.74, 6) is 2.01. The van der Waals surface area contributed by atoms with E-state index in [1.165, 1.54) is 4.90 Å². The van der Waals surface area contributed by atoms with Crippen molar-refractivity contribution in [1.82, 2.24) is 4.90 Å². The van der Waals surface area contributed by atoms with Gasteiger partial charge in [-0.3, -0.25) is 0 Å². The van der Waals surface area contributed by atoms with Gasteiger partial charge in [-0.25, -0.2) is 9.79 Å². The molecule has 0 aliphatic carbocycles. The zero-order valence-corrected chi connectivity index (χ0v) is 17.8. The van der Waals surface area contributed by atoms with Gasteiger partial charge in [0.1, 0.15) is 18.0 Å². The normalized spacial score (nSPS) is 14.5. The SMILES string of the molecule is C=CC1=C(N=C)OC(CC)=C(/C=C\CC)OC1.CN(C)C(=O)OC(C)(C)C. The highest BCUT2D eigenvalue weighted by molar-refractivity contribution is 5.67. The Morgan fingerprint density at radius 2 is 1.96 bits per heavy atom. The van der Waals surface area contributed by atoms with Gasteiger partial charge in [0.05, 0.1) is 5.57 Å². The summed E-state index contributed by atoms with van der Waals surface area (Å²) in [5.41, 5.74) is 0.423. The number of hydrogen-bond donors (Lipinski definition) is 0. The minimum atomic E-state index is -0.388. The second-order valence-electron chi connectivity index (χ2n) is 6.91. The van der Waals surface area contributed by atoms with Crippen molar-refractivity contribution in [2.45, 2.75) is 53.1 Å². The lowest BCUT2D eigenvalue weighted by molar-refractivity contribution is 0.0341.